The summed E-state index contributed by atoms with van der Waals surface area (Å²) in [5.74, 6) is 0. The Labute approximate surface area is 98.7 Å². The van der Waals surface area contributed by atoms with Gasteiger partial charge < -0.3 is 5.73 Å². The monoisotopic (exact) mass is 235 g/mol. The molecule has 2 aromatic rings. The molecule has 0 amide bonds. The molecule has 0 aliphatic carbocycles. The second kappa shape index (κ2) is 3.75. The second-order valence-electron chi connectivity index (χ2n) is 3.66. The van der Waals surface area contributed by atoms with Crippen molar-refractivity contribution in [1.29, 1.82) is 0 Å². The molecule has 16 heavy (non-hydrogen) atoms. The first-order chi connectivity index (χ1) is 7.52. The third-order valence-electron chi connectivity index (χ3n) is 2.69. The van der Waals surface area contributed by atoms with Gasteiger partial charge in [0.05, 0.1) is 11.4 Å². The van der Waals surface area contributed by atoms with Gasteiger partial charge in [0, 0.05) is 11.9 Å². The maximum atomic E-state index is 11.9. The van der Waals surface area contributed by atoms with Crippen molar-refractivity contribution in [1.82, 2.24) is 9.36 Å². The highest BCUT2D eigenvalue weighted by molar-refractivity contribution is 7.80. The molecule has 0 radical (unpaired) electrons. The van der Waals surface area contributed by atoms with E-state index in [-0.39, 0.29) is 11.2 Å². The first-order valence-electron chi connectivity index (χ1n) is 4.86. The number of benzene rings is 1. The topological polar surface area (TPSA) is 53.0 Å². The molecule has 2 rings (SSSR count). The molecule has 0 unspecified atom stereocenters. The molecule has 0 aliphatic heterocycles. The lowest BCUT2D eigenvalue weighted by Gasteiger charge is -2.07. The van der Waals surface area contributed by atoms with E-state index >= 15 is 0 Å². The summed E-state index contributed by atoms with van der Waals surface area (Å²) < 4.78 is 3.28. The van der Waals surface area contributed by atoms with Crippen molar-refractivity contribution >= 4 is 18.3 Å². The summed E-state index contributed by atoms with van der Waals surface area (Å²) in [6, 6.07) is 7.35. The van der Waals surface area contributed by atoms with E-state index in [9.17, 15) is 4.79 Å². The van der Waals surface area contributed by atoms with Gasteiger partial charge in [-0.05, 0) is 31.2 Å². The normalized spacial score (nSPS) is 10.7. The summed E-state index contributed by atoms with van der Waals surface area (Å²) >= 11 is 4.20. The predicted molar refractivity (Wildman–Crippen MR) is 67.4 cm³/mol. The molecule has 1 heterocycles. The fourth-order valence-electron chi connectivity index (χ4n) is 1.61. The fraction of sp³-hybridized carbons (Fsp3) is 0.182. The first-order valence-corrected chi connectivity index (χ1v) is 5.30. The standard InChI is InChI=1S/C11H13N3OS/c1-7-10(12)11(15)14(13(7)2)8-3-5-9(16)6-4-8/h3-6,16H,12H2,1-2H3. The Morgan fingerprint density at radius 3 is 2.25 bits per heavy atom. The van der Waals surface area contributed by atoms with Gasteiger partial charge in [0.15, 0.2) is 0 Å². The lowest BCUT2D eigenvalue weighted by Crippen LogP contribution is -2.20. The molecule has 0 fully saturated rings. The van der Waals surface area contributed by atoms with E-state index in [1.807, 2.05) is 38.2 Å². The fourth-order valence-corrected chi connectivity index (χ4v) is 1.76. The van der Waals surface area contributed by atoms with Crippen LogP contribution in [0, 0.1) is 6.92 Å². The highest BCUT2D eigenvalue weighted by Gasteiger charge is 2.12. The Hall–Kier alpha value is -1.62. The van der Waals surface area contributed by atoms with Crippen molar-refractivity contribution in [3.8, 4) is 5.69 Å². The van der Waals surface area contributed by atoms with Crippen LogP contribution in [-0.2, 0) is 7.05 Å². The van der Waals surface area contributed by atoms with Gasteiger partial charge in [-0.2, -0.15) is 0 Å². The van der Waals surface area contributed by atoms with Gasteiger partial charge in [0.25, 0.3) is 5.56 Å². The highest BCUT2D eigenvalue weighted by Crippen LogP contribution is 2.13. The molecule has 5 heteroatoms. The molecule has 0 saturated heterocycles. The quantitative estimate of drug-likeness (QED) is 0.733. The van der Waals surface area contributed by atoms with Gasteiger partial charge in [-0.15, -0.1) is 12.6 Å². The summed E-state index contributed by atoms with van der Waals surface area (Å²) in [5, 5.41) is 0. The second-order valence-corrected chi connectivity index (χ2v) is 4.17. The Morgan fingerprint density at radius 1 is 1.25 bits per heavy atom. The number of hydrogen-bond donors (Lipinski definition) is 2. The number of thiol groups is 1. The van der Waals surface area contributed by atoms with Crippen LogP contribution in [0.5, 0.6) is 0 Å². The third kappa shape index (κ3) is 1.53. The van der Waals surface area contributed by atoms with Crippen LogP contribution in [0.3, 0.4) is 0 Å². The van der Waals surface area contributed by atoms with Crippen LogP contribution >= 0.6 is 12.6 Å². The van der Waals surface area contributed by atoms with E-state index in [1.54, 1.807) is 4.68 Å². The molecule has 4 nitrogen and oxygen atoms in total. The van der Waals surface area contributed by atoms with Gasteiger partial charge in [-0.3, -0.25) is 9.48 Å². The molecule has 0 aliphatic rings. The van der Waals surface area contributed by atoms with Gasteiger partial charge >= 0.3 is 0 Å². The minimum atomic E-state index is -0.188. The molecular formula is C11H13N3OS. The molecule has 1 aromatic carbocycles. The van der Waals surface area contributed by atoms with Crippen molar-refractivity contribution in [2.75, 3.05) is 5.73 Å². The number of aromatic nitrogens is 2. The predicted octanol–water partition coefficient (Wildman–Crippen LogP) is 1.36. The van der Waals surface area contributed by atoms with E-state index in [1.165, 1.54) is 4.68 Å². The van der Waals surface area contributed by atoms with Crippen molar-refractivity contribution in [2.24, 2.45) is 7.05 Å². The summed E-state index contributed by atoms with van der Waals surface area (Å²) in [4.78, 5) is 12.8. The van der Waals surface area contributed by atoms with E-state index in [4.69, 9.17) is 5.73 Å². The Morgan fingerprint density at radius 2 is 1.81 bits per heavy atom. The Kier molecular flexibility index (Phi) is 2.55. The smallest absolute Gasteiger partial charge is 0.294 e. The molecule has 84 valence electrons. The molecule has 0 bridgehead atoms. The van der Waals surface area contributed by atoms with Crippen molar-refractivity contribution < 1.29 is 0 Å². The van der Waals surface area contributed by atoms with E-state index in [0.717, 1.165) is 16.3 Å². The number of nitrogens with zero attached hydrogens (tertiary/aromatic N) is 2. The largest absolute Gasteiger partial charge is 0.393 e. The average molecular weight is 235 g/mol. The number of hydrogen-bond acceptors (Lipinski definition) is 3. The van der Waals surface area contributed by atoms with Crippen LogP contribution in [0.25, 0.3) is 5.69 Å². The van der Waals surface area contributed by atoms with Crippen LogP contribution in [0.1, 0.15) is 5.69 Å². The zero-order valence-corrected chi connectivity index (χ0v) is 10.0. The highest BCUT2D eigenvalue weighted by atomic mass is 32.1. The van der Waals surface area contributed by atoms with Gasteiger partial charge in [0.1, 0.15) is 5.69 Å². The van der Waals surface area contributed by atoms with E-state index in [0.29, 0.717) is 0 Å². The number of nitrogen functional groups attached to an aromatic ring is 1. The van der Waals surface area contributed by atoms with Crippen LogP contribution < -0.4 is 11.3 Å². The van der Waals surface area contributed by atoms with Crippen molar-refractivity contribution in [3.63, 3.8) is 0 Å². The maximum Gasteiger partial charge on any atom is 0.294 e. The van der Waals surface area contributed by atoms with Crippen LogP contribution in [-0.4, -0.2) is 9.36 Å². The van der Waals surface area contributed by atoms with Gasteiger partial charge in [0.2, 0.25) is 0 Å². The number of nitrogens with two attached hydrogens (primary N) is 1. The minimum Gasteiger partial charge on any atom is -0.393 e. The minimum absolute atomic E-state index is 0.188. The van der Waals surface area contributed by atoms with E-state index < -0.39 is 0 Å². The summed E-state index contributed by atoms with van der Waals surface area (Å²) in [6.07, 6.45) is 0. The maximum absolute atomic E-state index is 11.9. The molecule has 0 atom stereocenters. The van der Waals surface area contributed by atoms with Crippen LogP contribution in [0.15, 0.2) is 34.0 Å². The third-order valence-corrected chi connectivity index (χ3v) is 2.99. The van der Waals surface area contributed by atoms with Crippen LogP contribution in [0.2, 0.25) is 0 Å². The average Bonchev–Trinajstić information content (AvgIpc) is 2.46. The molecule has 0 saturated carbocycles. The van der Waals surface area contributed by atoms with Crippen molar-refractivity contribution in [3.05, 3.63) is 40.3 Å². The summed E-state index contributed by atoms with van der Waals surface area (Å²) in [5.41, 5.74) is 7.35. The van der Waals surface area contributed by atoms with Gasteiger partial charge in [-0.25, -0.2) is 4.68 Å². The lowest BCUT2D eigenvalue weighted by atomic mass is 10.3. The van der Waals surface area contributed by atoms with E-state index in [2.05, 4.69) is 12.6 Å². The molecule has 1 aromatic heterocycles. The number of rotatable bonds is 1. The molecule has 2 N–H and O–H groups in total. The lowest BCUT2D eigenvalue weighted by molar-refractivity contribution is 0.629. The SMILES string of the molecule is Cc1c(N)c(=O)n(-c2ccc(S)cc2)n1C. The molecular weight excluding hydrogens is 222 g/mol. The first kappa shape index (κ1) is 10.9. The zero-order valence-electron chi connectivity index (χ0n) is 9.14. The van der Waals surface area contributed by atoms with Crippen LogP contribution in [0.4, 0.5) is 5.69 Å². The van der Waals surface area contributed by atoms with Crippen molar-refractivity contribution in [2.45, 2.75) is 11.8 Å². The zero-order chi connectivity index (χ0) is 11.9. The summed E-state index contributed by atoms with van der Waals surface area (Å²) in [6.45, 7) is 1.82. The van der Waals surface area contributed by atoms with Gasteiger partial charge in [-0.1, -0.05) is 0 Å². The summed E-state index contributed by atoms with van der Waals surface area (Å²) in [7, 11) is 1.81. The molecule has 0 spiro atoms. The number of anilines is 1. The Balaban J connectivity index is 2.70. The Bertz CT molecular complexity index is 581.